The van der Waals surface area contributed by atoms with Crippen molar-refractivity contribution in [1.29, 1.82) is 0 Å². The van der Waals surface area contributed by atoms with Crippen molar-refractivity contribution in [2.24, 2.45) is 11.5 Å². The van der Waals surface area contributed by atoms with Crippen molar-refractivity contribution in [3.8, 4) is 0 Å². The second-order valence-corrected chi connectivity index (χ2v) is 10.5. The highest BCUT2D eigenvalue weighted by Crippen LogP contribution is 2.28. The van der Waals surface area contributed by atoms with Gasteiger partial charge in [-0.3, -0.25) is 19.7 Å². The Labute approximate surface area is 248 Å². The number of aliphatic hydroxyl groups is 1. The summed E-state index contributed by atoms with van der Waals surface area (Å²) in [6.07, 6.45) is 2.04. The summed E-state index contributed by atoms with van der Waals surface area (Å²) in [5.74, 6) is -1.24. The Morgan fingerprint density at radius 1 is 0.833 bits per heavy atom. The molecule has 2 aliphatic rings. The van der Waals surface area contributed by atoms with E-state index < -0.39 is 16.7 Å². The molecular formula is C29H46N8O5. The van der Waals surface area contributed by atoms with Gasteiger partial charge in [-0.2, -0.15) is 0 Å². The maximum atomic E-state index is 11.5. The number of anilines is 3. The number of primary amides is 2. The Hall–Kier alpha value is -3.94. The van der Waals surface area contributed by atoms with Gasteiger partial charge in [0.1, 0.15) is 5.56 Å². The zero-order chi connectivity index (χ0) is 31.6. The summed E-state index contributed by atoms with van der Waals surface area (Å²) in [7, 11) is 5.21. The Balaban J connectivity index is 0.000000278. The third-order valence-corrected chi connectivity index (χ3v) is 7.72. The van der Waals surface area contributed by atoms with Gasteiger partial charge in [0.15, 0.2) is 0 Å². The van der Waals surface area contributed by atoms with Crippen molar-refractivity contribution >= 4 is 34.6 Å². The van der Waals surface area contributed by atoms with Crippen LogP contribution in [0.2, 0.25) is 0 Å². The first-order chi connectivity index (χ1) is 20.0. The summed E-state index contributed by atoms with van der Waals surface area (Å²) in [6, 6.07) is 10.9. The molecule has 2 aromatic rings. The van der Waals surface area contributed by atoms with Crippen LogP contribution < -0.4 is 27.0 Å². The van der Waals surface area contributed by atoms with E-state index in [0.717, 1.165) is 70.6 Å². The lowest BCUT2D eigenvalue weighted by Gasteiger charge is -2.41. The smallest absolute Gasteiger partial charge is 0.282 e. The number of aliphatic hydroxyl groups excluding tert-OH is 1. The Morgan fingerprint density at radius 2 is 1.26 bits per heavy atom. The minimum atomic E-state index is -0.772. The first kappa shape index (κ1) is 34.3. The zero-order valence-electron chi connectivity index (χ0n) is 25.3. The number of benzene rings is 2. The predicted octanol–water partition coefficient (Wildman–Crippen LogP) is 1.73. The van der Waals surface area contributed by atoms with Crippen molar-refractivity contribution in [3.63, 3.8) is 0 Å². The number of nitrogens with zero attached hydrogens (tertiary/aromatic N) is 5. The van der Waals surface area contributed by atoms with Crippen LogP contribution in [0.4, 0.5) is 22.7 Å². The minimum Gasteiger partial charge on any atom is -0.400 e. The molecule has 0 unspecified atom stereocenters. The number of likely N-dealkylation sites (N-methyl/N-ethyl adjacent to an activating group) is 2. The van der Waals surface area contributed by atoms with Gasteiger partial charge < -0.3 is 41.9 Å². The Bertz CT molecular complexity index is 1230. The normalized spacial score (nSPS) is 19.2. The number of hydrogen-bond acceptors (Lipinski definition) is 10. The molecule has 13 heteroatoms. The SMILES string of the molecule is CC[C@H]1CN(C)CCN1c1ccc(N)c(C(N)=O)c1.CC[C@H]1CN(C)CCN1c1ccc([N+](=O)[O-])c(C(N)=O)c1.CO. The first-order valence-corrected chi connectivity index (χ1v) is 14.1. The molecule has 2 aliphatic heterocycles. The van der Waals surface area contributed by atoms with Crippen LogP contribution in [0.25, 0.3) is 0 Å². The van der Waals surface area contributed by atoms with E-state index in [9.17, 15) is 19.7 Å². The van der Waals surface area contributed by atoms with E-state index >= 15 is 0 Å². The van der Waals surface area contributed by atoms with Gasteiger partial charge >= 0.3 is 0 Å². The average Bonchev–Trinajstić information content (AvgIpc) is 2.98. The van der Waals surface area contributed by atoms with E-state index in [1.54, 1.807) is 12.1 Å². The number of carbonyl (C=O) groups is 2. The van der Waals surface area contributed by atoms with E-state index in [2.05, 4.69) is 47.5 Å². The largest absolute Gasteiger partial charge is 0.400 e. The van der Waals surface area contributed by atoms with Crippen molar-refractivity contribution in [3.05, 3.63) is 57.6 Å². The molecule has 2 aromatic carbocycles. The molecule has 13 nitrogen and oxygen atoms in total. The summed E-state index contributed by atoms with van der Waals surface area (Å²) in [4.78, 5) is 42.3. The fourth-order valence-corrected chi connectivity index (χ4v) is 5.40. The standard InChI is InChI=1S/C14H20N4O3.C14H22N4O.CH4O/c1-3-10-9-16(2)6-7-17(10)11-4-5-13(18(20)21)12(8-11)14(15)19;1-3-10-9-17(2)6-7-18(10)11-4-5-13(15)12(8-11)14(16)19;1-2/h4-5,8,10H,3,6-7,9H2,1-2H3,(H2,15,19);4-5,8,10H,3,6-7,9,15H2,1-2H3,(H2,16,19);2H,1H3/t2*10-;/m00./s1. The molecule has 7 N–H and O–H groups in total. The number of carbonyl (C=O) groups excluding carboxylic acids is 2. The fraction of sp³-hybridized carbons (Fsp3) is 0.517. The molecule has 232 valence electrons. The van der Waals surface area contributed by atoms with Crippen LogP contribution in [-0.2, 0) is 0 Å². The van der Waals surface area contributed by atoms with Crippen LogP contribution in [0.15, 0.2) is 36.4 Å². The molecule has 2 saturated heterocycles. The number of rotatable bonds is 7. The second kappa shape index (κ2) is 15.9. The van der Waals surface area contributed by atoms with Crippen LogP contribution in [0.3, 0.4) is 0 Å². The highest BCUT2D eigenvalue weighted by molar-refractivity contribution is 5.99. The van der Waals surface area contributed by atoms with Gasteiger partial charge in [0, 0.05) is 81.6 Å². The molecule has 0 aromatic heterocycles. The summed E-state index contributed by atoms with van der Waals surface area (Å²) in [5, 5.41) is 18.0. The number of nitrogens with two attached hydrogens (primary N) is 3. The molecule has 0 spiro atoms. The molecule has 2 fully saturated rings. The van der Waals surface area contributed by atoms with E-state index in [1.807, 2.05) is 12.1 Å². The van der Waals surface area contributed by atoms with Gasteiger partial charge in [0.25, 0.3) is 17.5 Å². The third-order valence-electron chi connectivity index (χ3n) is 7.72. The molecule has 2 amide bonds. The Kier molecular flexibility index (Phi) is 13.0. The van der Waals surface area contributed by atoms with Crippen molar-refractivity contribution in [2.75, 3.05) is 76.0 Å². The zero-order valence-corrected chi connectivity index (χ0v) is 25.3. The number of hydrogen-bond donors (Lipinski definition) is 4. The third kappa shape index (κ3) is 8.54. The Morgan fingerprint density at radius 3 is 1.67 bits per heavy atom. The van der Waals surface area contributed by atoms with Gasteiger partial charge in [-0.25, -0.2) is 0 Å². The number of nitro benzene ring substituents is 1. The summed E-state index contributed by atoms with van der Waals surface area (Å²) in [6.45, 7) is 9.97. The minimum absolute atomic E-state index is 0.0359. The summed E-state index contributed by atoms with van der Waals surface area (Å²) in [5.41, 5.74) is 18.8. The molecule has 0 saturated carbocycles. The molecule has 2 heterocycles. The molecule has 0 aliphatic carbocycles. The molecule has 0 bridgehead atoms. The summed E-state index contributed by atoms with van der Waals surface area (Å²) >= 11 is 0. The predicted molar refractivity (Wildman–Crippen MR) is 167 cm³/mol. The van der Waals surface area contributed by atoms with Gasteiger partial charge in [0.2, 0.25) is 0 Å². The number of nitro groups is 1. The lowest BCUT2D eigenvalue weighted by atomic mass is 10.1. The molecule has 0 radical (unpaired) electrons. The van der Waals surface area contributed by atoms with Gasteiger partial charge in [0.05, 0.1) is 10.5 Å². The van der Waals surface area contributed by atoms with Crippen LogP contribution >= 0.6 is 0 Å². The van der Waals surface area contributed by atoms with Crippen molar-refractivity contribution in [1.82, 2.24) is 9.80 Å². The maximum absolute atomic E-state index is 11.5. The van der Waals surface area contributed by atoms with Crippen LogP contribution in [0, 0.1) is 10.1 Å². The van der Waals surface area contributed by atoms with Gasteiger partial charge in [-0.15, -0.1) is 0 Å². The first-order valence-electron chi connectivity index (χ1n) is 14.1. The van der Waals surface area contributed by atoms with E-state index in [4.69, 9.17) is 22.3 Å². The fourth-order valence-electron chi connectivity index (χ4n) is 5.40. The molecule has 2 atom stereocenters. The second-order valence-electron chi connectivity index (χ2n) is 10.5. The topological polar surface area (TPSA) is 189 Å². The number of piperazine rings is 2. The molecular weight excluding hydrogens is 540 g/mol. The van der Waals surface area contributed by atoms with Crippen molar-refractivity contribution < 1.29 is 19.6 Å². The highest BCUT2D eigenvalue weighted by Gasteiger charge is 2.27. The van der Waals surface area contributed by atoms with E-state index in [1.165, 1.54) is 12.1 Å². The molecule has 4 rings (SSSR count). The lowest BCUT2D eigenvalue weighted by Crippen LogP contribution is -2.51. The van der Waals surface area contributed by atoms with Crippen LogP contribution in [0.5, 0.6) is 0 Å². The number of nitrogen functional groups attached to an aromatic ring is 1. The summed E-state index contributed by atoms with van der Waals surface area (Å²) < 4.78 is 0. The van der Waals surface area contributed by atoms with E-state index in [0.29, 0.717) is 23.3 Å². The molecule has 42 heavy (non-hydrogen) atoms. The van der Waals surface area contributed by atoms with Crippen LogP contribution in [-0.4, -0.2) is 104 Å². The number of amides is 2. The van der Waals surface area contributed by atoms with Gasteiger partial charge in [-0.05, 0) is 57.3 Å². The van der Waals surface area contributed by atoms with Crippen LogP contribution in [0.1, 0.15) is 47.4 Å². The van der Waals surface area contributed by atoms with E-state index in [-0.39, 0.29) is 11.3 Å². The lowest BCUT2D eigenvalue weighted by molar-refractivity contribution is -0.385. The quantitative estimate of drug-likeness (QED) is 0.211. The highest BCUT2D eigenvalue weighted by atomic mass is 16.6. The average molecular weight is 587 g/mol. The van der Waals surface area contributed by atoms with Crippen molar-refractivity contribution in [2.45, 2.75) is 38.8 Å². The van der Waals surface area contributed by atoms with Gasteiger partial charge in [-0.1, -0.05) is 13.8 Å². The monoisotopic (exact) mass is 586 g/mol. The maximum Gasteiger partial charge on any atom is 0.282 e.